The van der Waals surface area contributed by atoms with Crippen LogP contribution in [0.4, 0.5) is 0 Å². The van der Waals surface area contributed by atoms with E-state index < -0.39 is 0 Å². The van der Waals surface area contributed by atoms with Gasteiger partial charge in [0.25, 0.3) is 5.91 Å². The summed E-state index contributed by atoms with van der Waals surface area (Å²) in [7, 11) is 0. The molecule has 2 fully saturated rings. The zero-order valence-electron chi connectivity index (χ0n) is 16.7. The lowest BCUT2D eigenvalue weighted by Gasteiger charge is -2.33. The molecule has 0 bridgehead atoms. The topological polar surface area (TPSA) is 56.0 Å². The highest BCUT2D eigenvalue weighted by Gasteiger charge is 2.29. The van der Waals surface area contributed by atoms with Crippen LogP contribution in [-0.2, 0) is 13.1 Å². The number of rotatable bonds is 6. The largest absolute Gasteiger partial charge is 0.338 e. The summed E-state index contributed by atoms with van der Waals surface area (Å²) in [4.78, 5) is 19.9. The van der Waals surface area contributed by atoms with Gasteiger partial charge in [0.15, 0.2) is 0 Å². The van der Waals surface area contributed by atoms with Gasteiger partial charge in [-0.3, -0.25) is 9.48 Å². The fourth-order valence-corrected chi connectivity index (χ4v) is 4.35. The number of piperidine rings is 1. The van der Waals surface area contributed by atoms with Gasteiger partial charge in [0.05, 0.1) is 6.54 Å². The van der Waals surface area contributed by atoms with Crippen molar-refractivity contribution in [2.45, 2.75) is 44.7 Å². The molecule has 3 heterocycles. The molecular weight excluding hydrogens is 362 g/mol. The Morgan fingerprint density at radius 2 is 2.03 bits per heavy atom. The molecule has 1 saturated carbocycles. The summed E-state index contributed by atoms with van der Waals surface area (Å²) in [5.74, 6) is 2.43. The van der Waals surface area contributed by atoms with Crippen LogP contribution in [0.5, 0.6) is 0 Å². The van der Waals surface area contributed by atoms with Crippen LogP contribution in [0.15, 0.2) is 55.1 Å². The van der Waals surface area contributed by atoms with Crippen LogP contribution in [0.25, 0.3) is 0 Å². The molecule has 1 saturated heterocycles. The Balaban J connectivity index is 1.29. The van der Waals surface area contributed by atoms with Crippen LogP contribution < -0.4 is 0 Å². The summed E-state index contributed by atoms with van der Waals surface area (Å²) >= 11 is 0. The Bertz CT molecular complexity index is 973. The van der Waals surface area contributed by atoms with Crippen molar-refractivity contribution in [3.63, 3.8) is 0 Å². The SMILES string of the molecule is O=C(c1cccc(Cn2cccn2)c1)N1CCC[C@H](c2nccn2CC2CC2)C1. The van der Waals surface area contributed by atoms with Gasteiger partial charge < -0.3 is 9.47 Å². The zero-order chi connectivity index (χ0) is 19.6. The average Bonchev–Trinajstić information content (AvgIpc) is 3.21. The number of hydrogen-bond acceptors (Lipinski definition) is 3. The summed E-state index contributed by atoms with van der Waals surface area (Å²) in [6.07, 6.45) is 12.5. The van der Waals surface area contributed by atoms with Crippen LogP contribution in [0, 0.1) is 5.92 Å². The number of hydrogen-bond donors (Lipinski definition) is 0. The highest BCUT2D eigenvalue weighted by atomic mass is 16.2. The van der Waals surface area contributed by atoms with Crippen molar-refractivity contribution >= 4 is 5.91 Å². The van der Waals surface area contributed by atoms with Crippen molar-refractivity contribution in [1.29, 1.82) is 0 Å². The molecule has 5 rings (SSSR count). The second-order valence-electron chi connectivity index (χ2n) is 8.38. The number of carbonyl (C=O) groups excluding carboxylic acids is 1. The smallest absolute Gasteiger partial charge is 0.253 e. The van der Waals surface area contributed by atoms with E-state index in [9.17, 15) is 4.79 Å². The molecular formula is C23H27N5O. The Morgan fingerprint density at radius 1 is 1.10 bits per heavy atom. The molecule has 6 nitrogen and oxygen atoms in total. The van der Waals surface area contributed by atoms with E-state index in [1.54, 1.807) is 6.20 Å². The first kappa shape index (κ1) is 18.2. The Hall–Kier alpha value is -2.89. The van der Waals surface area contributed by atoms with Gasteiger partial charge in [0, 0.05) is 55.9 Å². The van der Waals surface area contributed by atoms with Crippen LogP contribution in [0.2, 0.25) is 0 Å². The van der Waals surface area contributed by atoms with Crippen molar-refractivity contribution in [1.82, 2.24) is 24.2 Å². The summed E-state index contributed by atoms with van der Waals surface area (Å²) in [5, 5.41) is 4.26. The molecule has 1 aromatic carbocycles. The number of carbonyl (C=O) groups is 1. The molecule has 1 atom stereocenters. The van der Waals surface area contributed by atoms with Crippen molar-refractivity contribution < 1.29 is 4.79 Å². The van der Waals surface area contributed by atoms with Crippen LogP contribution >= 0.6 is 0 Å². The molecule has 0 N–H and O–H groups in total. The van der Waals surface area contributed by atoms with Crippen molar-refractivity contribution in [3.05, 3.63) is 72.1 Å². The summed E-state index contributed by atoms with van der Waals surface area (Å²) < 4.78 is 4.20. The molecule has 1 aliphatic carbocycles. The lowest BCUT2D eigenvalue weighted by molar-refractivity contribution is 0.0703. The normalized spacial score (nSPS) is 19.4. The van der Waals surface area contributed by atoms with Gasteiger partial charge in [-0.05, 0) is 55.4 Å². The summed E-state index contributed by atoms with van der Waals surface area (Å²) in [6, 6.07) is 9.85. The number of likely N-dealkylation sites (tertiary alicyclic amines) is 1. The third-order valence-electron chi connectivity index (χ3n) is 6.05. The van der Waals surface area contributed by atoms with Gasteiger partial charge in [0.1, 0.15) is 5.82 Å². The van der Waals surface area contributed by atoms with Gasteiger partial charge in [-0.2, -0.15) is 5.10 Å². The van der Waals surface area contributed by atoms with E-state index >= 15 is 0 Å². The van der Waals surface area contributed by atoms with E-state index in [1.165, 1.54) is 12.8 Å². The fraction of sp³-hybridized carbons (Fsp3) is 0.435. The molecule has 0 radical (unpaired) electrons. The highest BCUT2D eigenvalue weighted by molar-refractivity contribution is 5.94. The Kier molecular flexibility index (Phi) is 4.92. The van der Waals surface area contributed by atoms with E-state index in [0.29, 0.717) is 12.5 Å². The van der Waals surface area contributed by atoms with E-state index in [0.717, 1.165) is 55.3 Å². The molecule has 6 heteroatoms. The quantitative estimate of drug-likeness (QED) is 0.648. The van der Waals surface area contributed by atoms with E-state index in [1.807, 2.05) is 52.3 Å². The molecule has 29 heavy (non-hydrogen) atoms. The van der Waals surface area contributed by atoms with Gasteiger partial charge in [-0.1, -0.05) is 12.1 Å². The molecule has 1 aliphatic heterocycles. The number of imidazole rings is 1. The van der Waals surface area contributed by atoms with Gasteiger partial charge in [-0.15, -0.1) is 0 Å². The predicted octanol–water partition coefficient (Wildman–Crippen LogP) is 3.56. The van der Waals surface area contributed by atoms with Crippen LogP contribution in [0.3, 0.4) is 0 Å². The molecule has 0 unspecified atom stereocenters. The highest BCUT2D eigenvalue weighted by Crippen LogP contribution is 2.33. The minimum absolute atomic E-state index is 0.123. The van der Waals surface area contributed by atoms with Gasteiger partial charge in [-0.25, -0.2) is 4.98 Å². The number of benzene rings is 1. The van der Waals surface area contributed by atoms with Crippen LogP contribution in [-0.4, -0.2) is 43.2 Å². The lowest BCUT2D eigenvalue weighted by atomic mass is 9.96. The van der Waals surface area contributed by atoms with Gasteiger partial charge >= 0.3 is 0 Å². The van der Waals surface area contributed by atoms with Crippen LogP contribution in [0.1, 0.15) is 53.3 Å². The fourth-order valence-electron chi connectivity index (χ4n) is 4.35. The minimum Gasteiger partial charge on any atom is -0.338 e. The zero-order valence-corrected chi connectivity index (χ0v) is 16.7. The standard InChI is InChI=1S/C23H27N5O/c29-23(20-5-1-4-19(14-20)16-28-12-3-9-25-28)27-11-2-6-21(17-27)22-24-10-13-26(22)15-18-7-8-18/h1,3-5,9-10,12-14,18,21H,2,6-8,11,15-17H2/t21-/m0/s1. The predicted molar refractivity (Wildman–Crippen MR) is 111 cm³/mol. The van der Waals surface area contributed by atoms with E-state index in [4.69, 9.17) is 0 Å². The first-order valence-corrected chi connectivity index (χ1v) is 10.6. The second kappa shape index (κ2) is 7.85. The number of amides is 1. The Labute approximate surface area is 171 Å². The lowest BCUT2D eigenvalue weighted by Crippen LogP contribution is -2.39. The van der Waals surface area contributed by atoms with Crippen molar-refractivity contribution in [2.75, 3.05) is 13.1 Å². The number of nitrogens with zero attached hydrogens (tertiary/aromatic N) is 5. The molecule has 3 aromatic rings. The maximum absolute atomic E-state index is 13.2. The van der Waals surface area contributed by atoms with Crippen molar-refractivity contribution in [3.8, 4) is 0 Å². The monoisotopic (exact) mass is 389 g/mol. The first-order valence-electron chi connectivity index (χ1n) is 10.6. The third kappa shape index (κ3) is 4.11. The van der Waals surface area contributed by atoms with E-state index in [2.05, 4.69) is 20.8 Å². The summed E-state index contributed by atoms with van der Waals surface area (Å²) in [6.45, 7) is 3.33. The van der Waals surface area contributed by atoms with Gasteiger partial charge in [0.2, 0.25) is 0 Å². The molecule has 1 amide bonds. The molecule has 2 aromatic heterocycles. The molecule has 150 valence electrons. The first-order chi connectivity index (χ1) is 14.3. The van der Waals surface area contributed by atoms with Crippen molar-refractivity contribution in [2.24, 2.45) is 5.92 Å². The summed E-state index contributed by atoms with van der Waals surface area (Å²) in [5.41, 5.74) is 1.85. The maximum atomic E-state index is 13.2. The second-order valence-corrected chi connectivity index (χ2v) is 8.38. The third-order valence-corrected chi connectivity index (χ3v) is 6.05. The minimum atomic E-state index is 0.123. The maximum Gasteiger partial charge on any atom is 0.253 e. The molecule has 0 spiro atoms. The Morgan fingerprint density at radius 3 is 2.86 bits per heavy atom. The number of aromatic nitrogens is 4. The van der Waals surface area contributed by atoms with E-state index in [-0.39, 0.29) is 5.91 Å². The molecule has 2 aliphatic rings. The average molecular weight is 390 g/mol.